The topological polar surface area (TPSA) is 40.6 Å². The number of halogens is 3. The fraction of sp³-hybridized carbons (Fsp3) is 0.524. The molecule has 28 heavy (non-hydrogen) atoms. The first-order chi connectivity index (χ1) is 13.2. The Morgan fingerprint density at radius 2 is 1.64 bits per heavy atom. The van der Waals surface area contributed by atoms with Gasteiger partial charge in [-0.05, 0) is 56.9 Å². The molecule has 2 aliphatic rings. The van der Waals surface area contributed by atoms with Gasteiger partial charge in [0, 0.05) is 37.0 Å². The Morgan fingerprint density at radius 1 is 1.07 bits per heavy atom. The Balaban J connectivity index is 1.74. The molecule has 2 heterocycles. The summed E-state index contributed by atoms with van der Waals surface area (Å²) in [5, 5.41) is 0. The molecule has 2 amide bonds. The van der Waals surface area contributed by atoms with Crippen LogP contribution >= 0.6 is 0 Å². The van der Waals surface area contributed by atoms with E-state index in [9.17, 15) is 22.8 Å². The number of hydrogen-bond donors (Lipinski definition) is 0. The van der Waals surface area contributed by atoms with Crippen molar-refractivity contribution in [3.8, 4) is 0 Å². The smallest absolute Gasteiger partial charge is 0.245 e. The van der Waals surface area contributed by atoms with E-state index >= 15 is 0 Å². The fourth-order valence-corrected chi connectivity index (χ4v) is 4.53. The van der Waals surface area contributed by atoms with E-state index in [2.05, 4.69) is 6.58 Å². The van der Waals surface area contributed by atoms with Crippen LogP contribution in [0.4, 0.5) is 13.2 Å². The maximum atomic E-state index is 13.7. The third-order valence-corrected chi connectivity index (χ3v) is 6.19. The second-order valence-corrected chi connectivity index (χ2v) is 8.09. The predicted octanol–water partition coefficient (Wildman–Crippen LogP) is 3.62. The van der Waals surface area contributed by atoms with Gasteiger partial charge in [-0.25, -0.2) is 13.2 Å². The number of carbonyl (C=O) groups excluding carboxylic acids is 2. The van der Waals surface area contributed by atoms with Crippen LogP contribution in [-0.2, 0) is 9.59 Å². The normalized spacial score (nSPS) is 22.4. The summed E-state index contributed by atoms with van der Waals surface area (Å²) in [4.78, 5) is 28.3. The lowest BCUT2D eigenvalue weighted by molar-refractivity contribution is -0.142. The van der Waals surface area contributed by atoms with Gasteiger partial charge in [0.2, 0.25) is 11.8 Å². The minimum Gasteiger partial charge on any atom is -0.339 e. The summed E-state index contributed by atoms with van der Waals surface area (Å²) in [7, 11) is 0. The van der Waals surface area contributed by atoms with Crippen molar-refractivity contribution < 1.29 is 22.8 Å². The molecule has 0 N–H and O–H groups in total. The van der Waals surface area contributed by atoms with Crippen LogP contribution in [0.2, 0.25) is 0 Å². The summed E-state index contributed by atoms with van der Waals surface area (Å²) in [5.74, 6) is -4.51. The summed E-state index contributed by atoms with van der Waals surface area (Å²) in [6.07, 6.45) is 2.99. The Bertz CT molecular complexity index is 778. The van der Waals surface area contributed by atoms with Gasteiger partial charge in [0.25, 0.3) is 0 Å². The van der Waals surface area contributed by atoms with Gasteiger partial charge < -0.3 is 9.80 Å². The van der Waals surface area contributed by atoms with Crippen LogP contribution in [0.15, 0.2) is 24.8 Å². The predicted molar refractivity (Wildman–Crippen MR) is 99.0 cm³/mol. The number of amides is 2. The molecule has 0 spiro atoms. The Labute approximate surface area is 163 Å². The van der Waals surface area contributed by atoms with Crippen molar-refractivity contribution in [3.63, 3.8) is 0 Å². The van der Waals surface area contributed by atoms with Crippen LogP contribution in [0.25, 0.3) is 0 Å². The molecular formula is C21H25F3N2O2. The summed E-state index contributed by atoms with van der Waals surface area (Å²) in [5.41, 5.74) is -0.287. The van der Waals surface area contributed by atoms with Crippen LogP contribution in [0, 0.1) is 23.4 Å². The first-order valence-corrected chi connectivity index (χ1v) is 9.54. The number of carbonyl (C=O) groups is 2. The standard InChI is InChI=1S/C21H25F3N2O2/c1-4-18(27)25-8-5-13(6-9-25)20(28)26-10-7-15(21(26,2)3)14-11-16(22)19(24)17(23)12-14/h4,11-13,15H,1,5-10H2,2-3H3. The van der Waals surface area contributed by atoms with Crippen molar-refractivity contribution in [2.24, 2.45) is 5.92 Å². The van der Waals surface area contributed by atoms with Gasteiger partial charge in [-0.15, -0.1) is 0 Å². The molecule has 0 bridgehead atoms. The van der Waals surface area contributed by atoms with Crippen LogP contribution in [0.5, 0.6) is 0 Å². The van der Waals surface area contributed by atoms with E-state index in [0.29, 0.717) is 44.5 Å². The highest BCUT2D eigenvalue weighted by Gasteiger charge is 2.46. The summed E-state index contributed by atoms with van der Waals surface area (Å²) in [6, 6.07) is 2.05. The molecule has 7 heteroatoms. The van der Waals surface area contributed by atoms with Crippen LogP contribution in [0.3, 0.4) is 0 Å². The van der Waals surface area contributed by atoms with Crippen molar-refractivity contribution >= 4 is 11.8 Å². The molecular weight excluding hydrogens is 369 g/mol. The zero-order chi connectivity index (χ0) is 20.6. The molecule has 3 rings (SSSR count). The molecule has 0 aliphatic carbocycles. The Kier molecular flexibility index (Phi) is 5.55. The van der Waals surface area contributed by atoms with Gasteiger partial charge in [0.15, 0.2) is 17.5 Å². The lowest BCUT2D eigenvalue weighted by Crippen LogP contribution is -2.50. The molecule has 2 fully saturated rings. The van der Waals surface area contributed by atoms with Crippen LogP contribution in [-0.4, -0.2) is 46.8 Å². The van der Waals surface area contributed by atoms with Crippen molar-refractivity contribution in [1.82, 2.24) is 9.80 Å². The number of benzene rings is 1. The van der Waals surface area contributed by atoms with Gasteiger partial charge in [-0.2, -0.15) is 0 Å². The van der Waals surface area contributed by atoms with Crippen molar-refractivity contribution in [2.45, 2.75) is 44.6 Å². The van der Waals surface area contributed by atoms with Crippen molar-refractivity contribution in [2.75, 3.05) is 19.6 Å². The molecule has 1 atom stereocenters. The molecule has 0 aromatic heterocycles. The SMILES string of the molecule is C=CC(=O)N1CCC(C(=O)N2CCC(c3cc(F)c(F)c(F)c3)C2(C)C)CC1. The van der Waals surface area contributed by atoms with Crippen LogP contribution < -0.4 is 0 Å². The van der Waals surface area contributed by atoms with E-state index in [1.54, 1.807) is 9.80 Å². The third kappa shape index (κ3) is 3.54. The molecule has 1 unspecified atom stereocenters. The number of nitrogens with zero attached hydrogens (tertiary/aromatic N) is 2. The maximum absolute atomic E-state index is 13.7. The maximum Gasteiger partial charge on any atom is 0.245 e. The van der Waals surface area contributed by atoms with Gasteiger partial charge in [-0.1, -0.05) is 6.58 Å². The summed E-state index contributed by atoms with van der Waals surface area (Å²) in [6.45, 7) is 8.72. The zero-order valence-electron chi connectivity index (χ0n) is 16.2. The van der Waals surface area contributed by atoms with E-state index in [0.717, 1.165) is 12.1 Å². The molecule has 2 aliphatic heterocycles. The van der Waals surface area contributed by atoms with E-state index in [-0.39, 0.29) is 23.7 Å². The fourth-order valence-electron chi connectivity index (χ4n) is 4.53. The monoisotopic (exact) mass is 394 g/mol. The highest BCUT2D eigenvalue weighted by Crippen LogP contribution is 2.43. The number of likely N-dealkylation sites (tertiary alicyclic amines) is 2. The van der Waals surface area contributed by atoms with Crippen molar-refractivity contribution in [3.05, 3.63) is 47.8 Å². The molecule has 1 aromatic carbocycles. The quantitative estimate of drug-likeness (QED) is 0.580. The van der Waals surface area contributed by atoms with Gasteiger partial charge in [0.1, 0.15) is 0 Å². The van der Waals surface area contributed by atoms with E-state index in [4.69, 9.17) is 0 Å². The zero-order valence-corrected chi connectivity index (χ0v) is 16.2. The van der Waals surface area contributed by atoms with Gasteiger partial charge >= 0.3 is 0 Å². The Morgan fingerprint density at radius 3 is 2.18 bits per heavy atom. The second-order valence-electron chi connectivity index (χ2n) is 8.09. The van der Waals surface area contributed by atoms with Gasteiger partial charge in [0.05, 0.1) is 0 Å². The first-order valence-electron chi connectivity index (χ1n) is 9.54. The van der Waals surface area contributed by atoms with Gasteiger partial charge in [-0.3, -0.25) is 9.59 Å². The molecule has 0 saturated carbocycles. The second kappa shape index (κ2) is 7.60. The molecule has 0 radical (unpaired) electrons. The number of rotatable bonds is 3. The molecule has 4 nitrogen and oxygen atoms in total. The largest absolute Gasteiger partial charge is 0.339 e. The summed E-state index contributed by atoms with van der Waals surface area (Å²) >= 11 is 0. The summed E-state index contributed by atoms with van der Waals surface area (Å²) < 4.78 is 40.7. The highest BCUT2D eigenvalue weighted by atomic mass is 19.2. The average molecular weight is 394 g/mol. The van der Waals surface area contributed by atoms with E-state index < -0.39 is 23.0 Å². The number of hydrogen-bond acceptors (Lipinski definition) is 2. The lowest BCUT2D eigenvalue weighted by atomic mass is 9.82. The lowest BCUT2D eigenvalue weighted by Gasteiger charge is -2.40. The average Bonchev–Trinajstić information content (AvgIpc) is 2.99. The molecule has 152 valence electrons. The first kappa shape index (κ1) is 20.4. The Hall–Kier alpha value is -2.31. The van der Waals surface area contributed by atoms with Crippen LogP contribution in [0.1, 0.15) is 44.6 Å². The van der Waals surface area contributed by atoms with E-state index in [1.807, 2.05) is 13.8 Å². The third-order valence-electron chi connectivity index (χ3n) is 6.19. The molecule has 2 saturated heterocycles. The highest BCUT2D eigenvalue weighted by molar-refractivity contribution is 5.87. The minimum atomic E-state index is -1.48. The number of piperidine rings is 1. The van der Waals surface area contributed by atoms with E-state index in [1.165, 1.54) is 6.08 Å². The minimum absolute atomic E-state index is 0.00116. The van der Waals surface area contributed by atoms with Crippen molar-refractivity contribution in [1.29, 1.82) is 0 Å². The molecule has 1 aromatic rings.